The molecule has 0 aromatic heterocycles. The molecule has 2 N–H and O–H groups in total. The Hall–Kier alpha value is -0.0800. The first kappa shape index (κ1) is 12.0. The second-order valence-electron chi connectivity index (χ2n) is 5.33. The van der Waals surface area contributed by atoms with E-state index in [1.807, 2.05) is 0 Å². The number of rotatable bonds is 4. The zero-order valence-electron chi connectivity index (χ0n) is 10.1. The molecule has 0 amide bonds. The summed E-state index contributed by atoms with van der Waals surface area (Å²) >= 11 is 0. The van der Waals surface area contributed by atoms with Crippen LogP contribution >= 0.6 is 0 Å². The normalized spacial score (nSPS) is 33.6. The first-order valence-corrected chi connectivity index (χ1v) is 5.98. The van der Waals surface area contributed by atoms with E-state index in [2.05, 4.69) is 25.9 Å². The maximum Gasteiger partial charge on any atom is 0.00392 e. The minimum absolute atomic E-state index is 0.474. The zero-order chi connectivity index (χ0) is 10.6. The molecule has 0 aromatic rings. The quantitative estimate of drug-likeness (QED) is 0.750. The molecule has 1 aliphatic rings. The van der Waals surface area contributed by atoms with Gasteiger partial charge in [-0.3, -0.25) is 0 Å². The summed E-state index contributed by atoms with van der Waals surface area (Å²) in [5.41, 5.74) is 6.55. The van der Waals surface area contributed by atoms with Crippen LogP contribution in [0.3, 0.4) is 0 Å². The Kier molecular flexibility index (Phi) is 4.39. The molecule has 1 fully saturated rings. The van der Waals surface area contributed by atoms with Gasteiger partial charge in [-0.1, -0.05) is 13.3 Å². The second kappa shape index (κ2) is 5.13. The lowest BCUT2D eigenvalue weighted by Gasteiger charge is -2.41. The molecular formula is C12H26N2. The fourth-order valence-electron chi connectivity index (χ4n) is 2.94. The van der Waals surface area contributed by atoms with Gasteiger partial charge in [0.2, 0.25) is 0 Å². The minimum Gasteiger partial charge on any atom is -0.328 e. The number of hydrogen-bond acceptors (Lipinski definition) is 2. The molecule has 2 nitrogen and oxygen atoms in total. The van der Waals surface area contributed by atoms with Gasteiger partial charge in [0.25, 0.3) is 0 Å². The highest BCUT2D eigenvalue weighted by Crippen LogP contribution is 2.40. The monoisotopic (exact) mass is 198 g/mol. The summed E-state index contributed by atoms with van der Waals surface area (Å²) in [5.74, 6) is 0. The lowest BCUT2D eigenvalue weighted by atomic mass is 9.69. The summed E-state index contributed by atoms with van der Waals surface area (Å²) < 4.78 is 0. The summed E-state index contributed by atoms with van der Waals surface area (Å²) in [7, 11) is 4.37. The van der Waals surface area contributed by atoms with Crippen LogP contribution in [-0.2, 0) is 0 Å². The van der Waals surface area contributed by atoms with Crippen molar-refractivity contribution in [2.75, 3.05) is 20.6 Å². The van der Waals surface area contributed by atoms with Crippen molar-refractivity contribution < 1.29 is 0 Å². The Balaban J connectivity index is 2.53. The van der Waals surface area contributed by atoms with Crippen molar-refractivity contribution >= 4 is 0 Å². The van der Waals surface area contributed by atoms with Gasteiger partial charge in [-0.05, 0) is 51.6 Å². The van der Waals surface area contributed by atoms with Crippen LogP contribution in [0.15, 0.2) is 0 Å². The summed E-state index contributed by atoms with van der Waals surface area (Å²) in [6.07, 6.45) is 7.81. The van der Waals surface area contributed by atoms with Crippen LogP contribution in [0.2, 0.25) is 0 Å². The molecule has 2 heteroatoms. The van der Waals surface area contributed by atoms with Crippen LogP contribution in [0.5, 0.6) is 0 Å². The van der Waals surface area contributed by atoms with Gasteiger partial charge in [-0.15, -0.1) is 0 Å². The van der Waals surface area contributed by atoms with E-state index in [9.17, 15) is 0 Å². The number of nitrogens with zero attached hydrogens (tertiary/aromatic N) is 1. The third-order valence-corrected chi connectivity index (χ3v) is 3.52. The standard InChI is InChI=1S/C12H26N2/c1-4-7-12(10-14(2)3)8-5-11(13)6-9-12/h11H,4-10,13H2,1-3H3. The van der Waals surface area contributed by atoms with E-state index in [1.54, 1.807) is 0 Å². The highest BCUT2D eigenvalue weighted by atomic mass is 15.1. The predicted molar refractivity (Wildman–Crippen MR) is 62.3 cm³/mol. The molecule has 0 radical (unpaired) electrons. The molecule has 0 spiro atoms. The van der Waals surface area contributed by atoms with Crippen molar-refractivity contribution in [1.82, 2.24) is 4.90 Å². The van der Waals surface area contributed by atoms with Gasteiger partial charge in [0, 0.05) is 12.6 Å². The van der Waals surface area contributed by atoms with E-state index < -0.39 is 0 Å². The van der Waals surface area contributed by atoms with Crippen LogP contribution in [0, 0.1) is 5.41 Å². The Bertz CT molecular complexity index is 158. The van der Waals surface area contributed by atoms with Crippen molar-refractivity contribution in [3.05, 3.63) is 0 Å². The van der Waals surface area contributed by atoms with Gasteiger partial charge in [0.1, 0.15) is 0 Å². The van der Waals surface area contributed by atoms with Crippen molar-refractivity contribution in [1.29, 1.82) is 0 Å². The van der Waals surface area contributed by atoms with E-state index in [1.165, 1.54) is 45.1 Å². The molecule has 0 unspecified atom stereocenters. The van der Waals surface area contributed by atoms with E-state index in [0.29, 0.717) is 11.5 Å². The topological polar surface area (TPSA) is 29.3 Å². The van der Waals surface area contributed by atoms with Gasteiger partial charge >= 0.3 is 0 Å². The summed E-state index contributed by atoms with van der Waals surface area (Å²) in [4.78, 5) is 2.34. The van der Waals surface area contributed by atoms with E-state index in [0.717, 1.165) is 0 Å². The van der Waals surface area contributed by atoms with Crippen molar-refractivity contribution in [3.8, 4) is 0 Å². The first-order valence-electron chi connectivity index (χ1n) is 5.98. The van der Waals surface area contributed by atoms with Gasteiger partial charge in [0.05, 0.1) is 0 Å². The third kappa shape index (κ3) is 3.25. The smallest absolute Gasteiger partial charge is 0.00392 e. The molecular weight excluding hydrogens is 172 g/mol. The summed E-state index contributed by atoms with van der Waals surface area (Å²) in [6.45, 7) is 3.54. The highest BCUT2D eigenvalue weighted by Gasteiger charge is 2.33. The third-order valence-electron chi connectivity index (χ3n) is 3.52. The molecule has 1 rings (SSSR count). The minimum atomic E-state index is 0.474. The molecule has 0 aromatic carbocycles. The summed E-state index contributed by atoms with van der Waals surface area (Å²) in [5, 5.41) is 0. The molecule has 14 heavy (non-hydrogen) atoms. The first-order chi connectivity index (χ1) is 6.58. The van der Waals surface area contributed by atoms with E-state index >= 15 is 0 Å². The average molecular weight is 198 g/mol. The lowest BCUT2D eigenvalue weighted by Crippen LogP contribution is -2.40. The maximum atomic E-state index is 5.97. The molecule has 1 aliphatic carbocycles. The van der Waals surface area contributed by atoms with Crippen LogP contribution in [0.4, 0.5) is 0 Å². The van der Waals surface area contributed by atoms with Gasteiger partial charge in [-0.2, -0.15) is 0 Å². The fourth-order valence-corrected chi connectivity index (χ4v) is 2.94. The van der Waals surface area contributed by atoms with E-state index in [-0.39, 0.29) is 0 Å². The van der Waals surface area contributed by atoms with Crippen molar-refractivity contribution in [3.63, 3.8) is 0 Å². The Morgan fingerprint density at radius 1 is 1.29 bits per heavy atom. The van der Waals surface area contributed by atoms with E-state index in [4.69, 9.17) is 5.73 Å². The molecule has 84 valence electrons. The second-order valence-corrected chi connectivity index (χ2v) is 5.33. The lowest BCUT2D eigenvalue weighted by molar-refractivity contribution is 0.113. The molecule has 0 bridgehead atoms. The Morgan fingerprint density at radius 3 is 2.29 bits per heavy atom. The SMILES string of the molecule is CCCC1(CN(C)C)CCC(N)CC1. The van der Waals surface area contributed by atoms with Gasteiger partial charge in [0.15, 0.2) is 0 Å². The van der Waals surface area contributed by atoms with Crippen LogP contribution in [0.25, 0.3) is 0 Å². The van der Waals surface area contributed by atoms with Crippen LogP contribution in [0.1, 0.15) is 45.4 Å². The molecule has 0 heterocycles. The van der Waals surface area contributed by atoms with Crippen LogP contribution < -0.4 is 5.73 Å². The number of hydrogen-bond donors (Lipinski definition) is 1. The molecule has 0 aliphatic heterocycles. The Morgan fingerprint density at radius 2 is 1.86 bits per heavy atom. The van der Waals surface area contributed by atoms with Crippen LogP contribution in [-0.4, -0.2) is 31.6 Å². The Labute approximate surface area is 88.8 Å². The fraction of sp³-hybridized carbons (Fsp3) is 1.00. The molecule has 0 atom stereocenters. The average Bonchev–Trinajstić information content (AvgIpc) is 2.10. The maximum absolute atomic E-state index is 5.97. The molecule has 0 saturated heterocycles. The van der Waals surface area contributed by atoms with Gasteiger partial charge < -0.3 is 10.6 Å². The predicted octanol–water partition coefficient (Wildman–Crippen LogP) is 2.24. The van der Waals surface area contributed by atoms with Gasteiger partial charge in [-0.25, -0.2) is 0 Å². The summed E-state index contributed by atoms with van der Waals surface area (Å²) in [6, 6.07) is 0.474. The highest BCUT2D eigenvalue weighted by molar-refractivity contribution is 4.88. The number of nitrogens with two attached hydrogens (primary N) is 1. The molecule has 1 saturated carbocycles. The van der Waals surface area contributed by atoms with Crippen molar-refractivity contribution in [2.24, 2.45) is 11.1 Å². The largest absolute Gasteiger partial charge is 0.328 e. The zero-order valence-corrected chi connectivity index (χ0v) is 10.1. The van der Waals surface area contributed by atoms with Crippen molar-refractivity contribution in [2.45, 2.75) is 51.5 Å².